The van der Waals surface area contributed by atoms with Crippen molar-refractivity contribution in [2.24, 2.45) is 0 Å². The molecule has 1 N–H and O–H groups in total. The van der Waals surface area contributed by atoms with E-state index >= 15 is 0 Å². The first-order valence-corrected chi connectivity index (χ1v) is 3.25. The van der Waals surface area contributed by atoms with Gasteiger partial charge in [0.05, 0.1) is 0 Å². The van der Waals surface area contributed by atoms with E-state index in [4.69, 9.17) is 11.6 Å². The molecule has 0 saturated heterocycles. The molecule has 1 amide bonds. The monoisotopic (exact) mass is 189 g/mol. The maximum Gasteiger partial charge on any atom is 0.405 e. The van der Waals surface area contributed by atoms with Crippen molar-refractivity contribution in [3.63, 3.8) is 0 Å². The average Bonchev–Trinajstić information content (AvgIpc) is 1.80. The summed E-state index contributed by atoms with van der Waals surface area (Å²) in [5.41, 5.74) is 0. The van der Waals surface area contributed by atoms with E-state index in [2.05, 4.69) is 0 Å². The summed E-state index contributed by atoms with van der Waals surface area (Å²) in [6.45, 7) is -0.0316. The highest BCUT2D eigenvalue weighted by Crippen LogP contribution is 2.12. The highest BCUT2D eigenvalue weighted by Gasteiger charge is 2.28. The van der Waals surface area contributed by atoms with Crippen LogP contribution in [0.15, 0.2) is 0 Å². The minimum absolute atomic E-state index is 0.816. The molecule has 0 fully saturated rings. The summed E-state index contributed by atoms with van der Waals surface area (Å²) in [5.74, 6) is -0.816. The van der Waals surface area contributed by atoms with Crippen LogP contribution < -0.4 is 5.32 Å². The lowest BCUT2D eigenvalue weighted by atomic mass is 10.4. The smallest absolute Gasteiger partial charge is 0.346 e. The van der Waals surface area contributed by atoms with Crippen LogP contribution in [-0.2, 0) is 4.79 Å². The van der Waals surface area contributed by atoms with Gasteiger partial charge in [-0.25, -0.2) is 0 Å². The van der Waals surface area contributed by atoms with Crippen molar-refractivity contribution >= 4 is 17.5 Å². The third kappa shape index (κ3) is 5.97. The minimum atomic E-state index is -4.37. The van der Waals surface area contributed by atoms with Crippen molar-refractivity contribution in [2.45, 2.75) is 18.5 Å². The zero-order valence-electron chi connectivity index (χ0n) is 5.70. The van der Waals surface area contributed by atoms with Gasteiger partial charge in [0.15, 0.2) is 0 Å². The molecular formula is C5H7ClF3NO. The molecule has 0 aliphatic rings. The normalized spacial score (nSPS) is 14.3. The lowest BCUT2D eigenvalue weighted by Gasteiger charge is -2.08. The molecule has 0 aromatic carbocycles. The van der Waals surface area contributed by atoms with Gasteiger partial charge in [0.25, 0.3) is 0 Å². The Hall–Kier alpha value is -0.450. The minimum Gasteiger partial charge on any atom is -0.346 e. The zero-order valence-corrected chi connectivity index (χ0v) is 6.46. The number of nitrogens with one attached hydrogen (secondary N) is 1. The summed E-state index contributed by atoms with van der Waals surface area (Å²) in [6.07, 6.45) is -4.37. The van der Waals surface area contributed by atoms with E-state index in [0.29, 0.717) is 0 Å². The van der Waals surface area contributed by atoms with Gasteiger partial charge in [0, 0.05) is 0 Å². The molecule has 66 valence electrons. The first kappa shape index (κ1) is 10.6. The number of hydrogen-bond donors (Lipinski definition) is 1. The van der Waals surface area contributed by atoms with E-state index in [1.54, 1.807) is 5.32 Å². The number of rotatable bonds is 2. The second kappa shape index (κ2) is 3.80. The van der Waals surface area contributed by atoms with Crippen LogP contribution in [0, 0.1) is 0 Å². The third-order valence-electron chi connectivity index (χ3n) is 0.824. The van der Waals surface area contributed by atoms with Crippen molar-refractivity contribution < 1.29 is 18.0 Å². The van der Waals surface area contributed by atoms with Crippen molar-refractivity contribution in [2.75, 3.05) is 6.54 Å². The first-order valence-electron chi connectivity index (χ1n) is 2.81. The van der Waals surface area contributed by atoms with Gasteiger partial charge in [-0.1, -0.05) is 0 Å². The maximum absolute atomic E-state index is 11.4. The van der Waals surface area contributed by atoms with Gasteiger partial charge in [0.1, 0.15) is 11.9 Å². The molecule has 11 heavy (non-hydrogen) atoms. The maximum atomic E-state index is 11.4. The Morgan fingerprint density at radius 3 is 2.36 bits per heavy atom. The molecule has 1 atom stereocenters. The molecule has 0 rings (SSSR count). The fourth-order valence-electron chi connectivity index (χ4n) is 0.328. The molecule has 0 unspecified atom stereocenters. The SMILES string of the molecule is C[C@@H](Cl)C(=O)NCC(F)(F)F. The largest absolute Gasteiger partial charge is 0.405 e. The molecule has 2 nitrogen and oxygen atoms in total. The van der Waals surface area contributed by atoms with Crippen LogP contribution in [0.25, 0.3) is 0 Å². The van der Waals surface area contributed by atoms with Gasteiger partial charge in [-0.2, -0.15) is 13.2 Å². The predicted octanol–water partition coefficient (Wildman–Crippen LogP) is 1.29. The molecule has 0 aliphatic carbocycles. The number of hydrogen-bond acceptors (Lipinski definition) is 1. The fraction of sp³-hybridized carbons (Fsp3) is 0.800. The van der Waals surface area contributed by atoms with Gasteiger partial charge in [0.2, 0.25) is 5.91 Å². The van der Waals surface area contributed by atoms with Crippen LogP contribution in [0.2, 0.25) is 0 Å². The van der Waals surface area contributed by atoms with Crippen LogP contribution in [0.3, 0.4) is 0 Å². The van der Waals surface area contributed by atoms with Crippen molar-refractivity contribution in [3.05, 3.63) is 0 Å². The molecule has 0 heterocycles. The second-order valence-electron chi connectivity index (χ2n) is 1.95. The third-order valence-corrected chi connectivity index (χ3v) is 1.02. The van der Waals surface area contributed by atoms with Crippen LogP contribution in [0.4, 0.5) is 13.2 Å². The average molecular weight is 190 g/mol. The molecule has 0 aliphatic heterocycles. The quantitative estimate of drug-likeness (QED) is 0.652. The van der Waals surface area contributed by atoms with Gasteiger partial charge >= 0.3 is 6.18 Å². The predicted molar refractivity (Wildman–Crippen MR) is 34.4 cm³/mol. The molecule has 0 aromatic rings. The van der Waals surface area contributed by atoms with E-state index in [1.165, 1.54) is 6.92 Å². The Bertz CT molecular complexity index is 145. The van der Waals surface area contributed by atoms with E-state index in [9.17, 15) is 18.0 Å². The van der Waals surface area contributed by atoms with Gasteiger partial charge in [-0.3, -0.25) is 4.79 Å². The molecule has 0 spiro atoms. The van der Waals surface area contributed by atoms with Crippen molar-refractivity contribution in [1.82, 2.24) is 5.32 Å². The lowest BCUT2D eigenvalue weighted by molar-refractivity contribution is -0.138. The van der Waals surface area contributed by atoms with E-state index < -0.39 is 24.0 Å². The lowest BCUT2D eigenvalue weighted by Crippen LogP contribution is -2.37. The summed E-state index contributed by atoms with van der Waals surface area (Å²) >= 11 is 5.18. The van der Waals surface area contributed by atoms with Crippen LogP contribution >= 0.6 is 11.6 Å². The fourth-order valence-corrected chi connectivity index (χ4v) is 0.405. The number of amides is 1. The summed E-state index contributed by atoms with van der Waals surface area (Å²) in [4.78, 5) is 10.4. The van der Waals surface area contributed by atoms with E-state index in [-0.39, 0.29) is 0 Å². The molecule has 0 saturated carbocycles. The van der Waals surface area contributed by atoms with Crippen molar-refractivity contribution in [3.8, 4) is 0 Å². The number of halogens is 4. The second-order valence-corrected chi connectivity index (χ2v) is 2.60. The zero-order chi connectivity index (χ0) is 9.07. The molecular weight excluding hydrogens is 183 g/mol. The Balaban J connectivity index is 3.64. The highest BCUT2D eigenvalue weighted by atomic mass is 35.5. The number of alkyl halides is 4. The summed E-state index contributed by atoms with van der Waals surface area (Å²) < 4.78 is 34.3. The molecule has 0 aromatic heterocycles. The standard InChI is InChI=1S/C5H7ClF3NO/c1-3(6)4(11)10-2-5(7,8)9/h3H,2H2,1H3,(H,10,11)/t3-/m1/s1. The summed E-state index contributed by atoms with van der Waals surface area (Å²) in [7, 11) is 0. The highest BCUT2D eigenvalue weighted by molar-refractivity contribution is 6.30. The molecule has 6 heteroatoms. The molecule has 0 radical (unpaired) electrons. The van der Waals surface area contributed by atoms with Crippen LogP contribution in [0.1, 0.15) is 6.92 Å². The van der Waals surface area contributed by atoms with Crippen LogP contribution in [-0.4, -0.2) is 24.0 Å². The van der Waals surface area contributed by atoms with Gasteiger partial charge in [-0.15, -0.1) is 11.6 Å². The topological polar surface area (TPSA) is 29.1 Å². The number of carbonyl (C=O) groups is 1. The Labute approximate surface area is 66.7 Å². The molecule has 0 bridgehead atoms. The Kier molecular flexibility index (Phi) is 3.65. The van der Waals surface area contributed by atoms with Crippen LogP contribution in [0.5, 0.6) is 0 Å². The first-order chi connectivity index (χ1) is 4.83. The van der Waals surface area contributed by atoms with Gasteiger partial charge < -0.3 is 5.32 Å². The van der Waals surface area contributed by atoms with E-state index in [1.807, 2.05) is 0 Å². The number of carbonyl (C=O) groups excluding carboxylic acids is 1. The Morgan fingerprint density at radius 2 is 2.09 bits per heavy atom. The Morgan fingerprint density at radius 1 is 1.64 bits per heavy atom. The van der Waals surface area contributed by atoms with Gasteiger partial charge in [-0.05, 0) is 6.92 Å². The summed E-state index contributed by atoms with van der Waals surface area (Å²) in [5, 5.41) is 0.693. The summed E-state index contributed by atoms with van der Waals surface area (Å²) in [6, 6.07) is 0. The van der Waals surface area contributed by atoms with Crippen molar-refractivity contribution in [1.29, 1.82) is 0 Å². The van der Waals surface area contributed by atoms with E-state index in [0.717, 1.165) is 0 Å².